The summed E-state index contributed by atoms with van der Waals surface area (Å²) >= 11 is 1.65. The second-order valence-corrected chi connectivity index (χ2v) is 5.58. The Morgan fingerprint density at radius 1 is 1.18 bits per heavy atom. The molecule has 94 valence electrons. The maximum absolute atomic E-state index is 11.8. The molecule has 0 bridgehead atoms. The third kappa shape index (κ3) is 5.40. The number of aryl methyl sites for hydroxylation is 1. The molecule has 0 amide bonds. The molecule has 0 N–H and O–H groups in total. The summed E-state index contributed by atoms with van der Waals surface area (Å²) in [5.41, 5.74) is 1.26. The first kappa shape index (κ1) is 14.3. The molecule has 0 aromatic heterocycles. The zero-order valence-electron chi connectivity index (χ0n) is 11.0. The number of carbonyl (C=O) groups excluding carboxylic acids is 1. The number of benzene rings is 1. The van der Waals surface area contributed by atoms with Crippen LogP contribution in [0.4, 0.5) is 0 Å². The van der Waals surface area contributed by atoms with Crippen LogP contribution >= 0.6 is 11.8 Å². The van der Waals surface area contributed by atoms with Gasteiger partial charge in [-0.3, -0.25) is 4.79 Å². The normalized spacial score (nSPS) is 10.8. The van der Waals surface area contributed by atoms with Gasteiger partial charge in [0, 0.05) is 11.3 Å². The van der Waals surface area contributed by atoms with E-state index in [1.54, 1.807) is 11.8 Å². The molecule has 0 heterocycles. The minimum Gasteiger partial charge on any atom is -0.299 e. The summed E-state index contributed by atoms with van der Waals surface area (Å²) in [7, 11) is 0. The topological polar surface area (TPSA) is 17.1 Å². The van der Waals surface area contributed by atoms with Gasteiger partial charge in [-0.15, -0.1) is 11.8 Å². The van der Waals surface area contributed by atoms with E-state index >= 15 is 0 Å². The molecule has 0 saturated carbocycles. The Hall–Kier alpha value is -0.760. The Morgan fingerprint density at radius 3 is 2.29 bits per heavy atom. The van der Waals surface area contributed by atoms with Crippen molar-refractivity contribution in [3.8, 4) is 0 Å². The van der Waals surface area contributed by atoms with E-state index in [1.165, 1.54) is 10.5 Å². The number of Topliss-reactive ketones (excluding diaryl/α,β-unsaturated/α-hetero) is 1. The molecule has 0 unspecified atom stereocenters. The molecule has 17 heavy (non-hydrogen) atoms. The van der Waals surface area contributed by atoms with Crippen LogP contribution in [0, 0.1) is 12.8 Å². The molecule has 0 aliphatic heterocycles. The van der Waals surface area contributed by atoms with Crippen LogP contribution in [0.3, 0.4) is 0 Å². The van der Waals surface area contributed by atoms with E-state index in [-0.39, 0.29) is 0 Å². The van der Waals surface area contributed by atoms with Gasteiger partial charge in [0.1, 0.15) is 5.78 Å². The van der Waals surface area contributed by atoms with Crippen LogP contribution in [0.1, 0.15) is 38.7 Å². The Morgan fingerprint density at radius 2 is 1.76 bits per heavy atom. The number of carbonyl (C=O) groups is 1. The Bertz CT molecular complexity index is 338. The zero-order chi connectivity index (χ0) is 12.7. The number of ketones is 1. The van der Waals surface area contributed by atoms with Gasteiger partial charge in [-0.1, -0.05) is 44.4 Å². The lowest BCUT2D eigenvalue weighted by molar-refractivity contribution is -0.117. The second-order valence-electron chi connectivity index (χ2n) is 4.53. The Kier molecular flexibility index (Phi) is 6.35. The van der Waals surface area contributed by atoms with Crippen molar-refractivity contribution in [2.75, 3.05) is 5.75 Å². The number of hydrogen-bond donors (Lipinski definition) is 0. The lowest BCUT2D eigenvalue weighted by Gasteiger charge is -2.10. The summed E-state index contributed by atoms with van der Waals surface area (Å²) in [5, 5.41) is 0. The van der Waals surface area contributed by atoms with Gasteiger partial charge < -0.3 is 0 Å². The molecular formula is C15H22OS. The van der Waals surface area contributed by atoms with Gasteiger partial charge >= 0.3 is 0 Å². The van der Waals surface area contributed by atoms with Crippen molar-refractivity contribution < 1.29 is 4.79 Å². The lowest BCUT2D eigenvalue weighted by atomic mass is 9.98. The van der Waals surface area contributed by atoms with E-state index in [4.69, 9.17) is 0 Å². The summed E-state index contributed by atoms with van der Waals surface area (Å²) in [4.78, 5) is 13.0. The first-order valence-corrected chi connectivity index (χ1v) is 7.35. The Balaban J connectivity index is 2.35. The van der Waals surface area contributed by atoms with Gasteiger partial charge in [0.2, 0.25) is 0 Å². The van der Waals surface area contributed by atoms with Crippen molar-refractivity contribution in [1.29, 1.82) is 0 Å². The number of hydrogen-bond acceptors (Lipinski definition) is 2. The van der Waals surface area contributed by atoms with Crippen LogP contribution in [0.15, 0.2) is 29.2 Å². The summed E-state index contributed by atoms with van der Waals surface area (Å²) in [6, 6.07) is 8.36. The molecule has 0 fully saturated rings. The lowest BCUT2D eigenvalue weighted by Crippen LogP contribution is -2.09. The fraction of sp³-hybridized carbons (Fsp3) is 0.533. The minimum absolute atomic E-state index is 0.379. The van der Waals surface area contributed by atoms with E-state index in [0.29, 0.717) is 17.5 Å². The SMILES string of the molecule is CCC(CC)CC(=O)CSc1ccc(C)cc1. The van der Waals surface area contributed by atoms with Crippen LogP contribution in [0.5, 0.6) is 0 Å². The molecule has 0 radical (unpaired) electrons. The summed E-state index contributed by atoms with van der Waals surface area (Å²) in [5.74, 6) is 1.56. The van der Waals surface area contributed by atoms with Crippen molar-refractivity contribution in [3.63, 3.8) is 0 Å². The van der Waals surface area contributed by atoms with Crippen molar-refractivity contribution >= 4 is 17.5 Å². The highest BCUT2D eigenvalue weighted by molar-refractivity contribution is 8.00. The zero-order valence-corrected chi connectivity index (χ0v) is 11.8. The molecule has 0 spiro atoms. The maximum Gasteiger partial charge on any atom is 0.143 e. The van der Waals surface area contributed by atoms with Crippen LogP contribution in [-0.4, -0.2) is 11.5 Å². The maximum atomic E-state index is 11.8. The highest BCUT2D eigenvalue weighted by atomic mass is 32.2. The highest BCUT2D eigenvalue weighted by Gasteiger charge is 2.10. The summed E-state index contributed by atoms with van der Waals surface area (Å²) in [6.07, 6.45) is 2.96. The molecule has 1 aromatic carbocycles. The van der Waals surface area contributed by atoms with Crippen molar-refractivity contribution in [1.82, 2.24) is 0 Å². The third-order valence-electron chi connectivity index (χ3n) is 3.09. The van der Waals surface area contributed by atoms with E-state index in [2.05, 4.69) is 45.0 Å². The van der Waals surface area contributed by atoms with Gasteiger partial charge in [-0.25, -0.2) is 0 Å². The van der Waals surface area contributed by atoms with Gasteiger partial charge in [0.25, 0.3) is 0 Å². The van der Waals surface area contributed by atoms with E-state index in [9.17, 15) is 4.79 Å². The van der Waals surface area contributed by atoms with Gasteiger partial charge in [0.15, 0.2) is 0 Å². The number of rotatable bonds is 7. The second kappa shape index (κ2) is 7.54. The van der Waals surface area contributed by atoms with Gasteiger partial charge in [0.05, 0.1) is 5.75 Å². The fourth-order valence-corrected chi connectivity index (χ4v) is 2.53. The van der Waals surface area contributed by atoms with Crippen LogP contribution in [0.2, 0.25) is 0 Å². The molecule has 0 atom stereocenters. The van der Waals surface area contributed by atoms with Crippen LogP contribution in [-0.2, 0) is 4.79 Å². The monoisotopic (exact) mass is 250 g/mol. The average molecular weight is 250 g/mol. The molecule has 1 rings (SSSR count). The molecule has 1 nitrogen and oxygen atoms in total. The van der Waals surface area contributed by atoms with Crippen molar-refractivity contribution in [2.45, 2.75) is 44.9 Å². The van der Waals surface area contributed by atoms with Gasteiger partial charge in [-0.05, 0) is 25.0 Å². The molecule has 0 aliphatic rings. The van der Waals surface area contributed by atoms with Gasteiger partial charge in [-0.2, -0.15) is 0 Å². The first-order valence-electron chi connectivity index (χ1n) is 6.36. The molecular weight excluding hydrogens is 228 g/mol. The first-order chi connectivity index (χ1) is 8.15. The smallest absolute Gasteiger partial charge is 0.143 e. The van der Waals surface area contributed by atoms with E-state index < -0.39 is 0 Å². The standard InChI is InChI=1S/C15H22OS/c1-4-13(5-2)10-14(16)11-17-15-8-6-12(3)7-9-15/h6-9,13H,4-5,10-11H2,1-3H3. The quantitative estimate of drug-likeness (QED) is 0.664. The van der Waals surface area contributed by atoms with Crippen molar-refractivity contribution in [2.24, 2.45) is 5.92 Å². The molecule has 2 heteroatoms. The summed E-state index contributed by atoms with van der Waals surface area (Å²) in [6.45, 7) is 6.40. The average Bonchev–Trinajstić information content (AvgIpc) is 2.35. The fourth-order valence-electron chi connectivity index (χ4n) is 1.76. The minimum atomic E-state index is 0.379. The molecule has 0 saturated heterocycles. The van der Waals surface area contributed by atoms with Crippen molar-refractivity contribution in [3.05, 3.63) is 29.8 Å². The predicted octanol–water partition coefficient (Wildman–Crippen LogP) is 4.48. The highest BCUT2D eigenvalue weighted by Crippen LogP contribution is 2.20. The van der Waals surface area contributed by atoms with Crippen LogP contribution < -0.4 is 0 Å². The third-order valence-corrected chi connectivity index (χ3v) is 4.16. The number of thioether (sulfide) groups is 1. The van der Waals surface area contributed by atoms with Crippen LogP contribution in [0.25, 0.3) is 0 Å². The summed E-state index contributed by atoms with van der Waals surface area (Å²) < 4.78 is 0. The molecule has 1 aromatic rings. The predicted molar refractivity (Wildman–Crippen MR) is 75.6 cm³/mol. The van der Waals surface area contributed by atoms with E-state index in [1.807, 2.05) is 0 Å². The largest absolute Gasteiger partial charge is 0.299 e. The molecule has 0 aliphatic carbocycles. The van der Waals surface area contributed by atoms with E-state index in [0.717, 1.165) is 19.3 Å². The Labute approximate surface area is 109 Å².